The van der Waals surface area contributed by atoms with E-state index in [9.17, 15) is 66.4 Å². The lowest BCUT2D eigenvalue weighted by Gasteiger charge is -2.70. The van der Waals surface area contributed by atoms with E-state index in [0.717, 1.165) is 50.5 Å². The van der Waals surface area contributed by atoms with Crippen LogP contribution in [0.1, 0.15) is 120 Å². The molecule has 8 fully saturated rings. The lowest BCUT2D eigenvalue weighted by atomic mass is 9.35. The number of allylic oxidation sites excluding steroid dienone is 2. The van der Waals surface area contributed by atoms with Crippen molar-refractivity contribution in [3.63, 3.8) is 0 Å². The van der Waals surface area contributed by atoms with Gasteiger partial charge >= 0.3 is 0 Å². The van der Waals surface area contributed by atoms with Crippen molar-refractivity contribution in [2.24, 2.45) is 45.3 Å². The number of ether oxygens (including phenoxy) is 8. The minimum Gasteiger partial charge on any atom is -0.394 e. The summed E-state index contributed by atoms with van der Waals surface area (Å²) in [6.45, 7) is 15.2. The van der Waals surface area contributed by atoms with Crippen molar-refractivity contribution in [3.8, 4) is 0 Å². The number of fused-ring (bicyclic) bond motifs is 5. The fourth-order valence-electron chi connectivity index (χ4n) is 16.0. The Morgan fingerprint density at radius 2 is 1.20 bits per heavy atom. The van der Waals surface area contributed by atoms with Crippen LogP contribution in [0.15, 0.2) is 11.6 Å². The molecule has 13 N–H and O–H groups in total. The molecule has 74 heavy (non-hydrogen) atoms. The van der Waals surface area contributed by atoms with E-state index in [-0.39, 0.29) is 46.5 Å². The molecule has 0 radical (unpaired) electrons. The highest BCUT2D eigenvalue weighted by Gasteiger charge is 2.70. The zero-order valence-corrected chi connectivity index (χ0v) is 44.4. The van der Waals surface area contributed by atoms with Crippen LogP contribution in [0.2, 0.25) is 0 Å². The summed E-state index contributed by atoms with van der Waals surface area (Å²) in [5.74, 6) is 0.389. The molecule has 21 heteroatoms. The van der Waals surface area contributed by atoms with Crippen molar-refractivity contribution < 1.29 is 104 Å². The van der Waals surface area contributed by atoms with Crippen LogP contribution in [-0.2, 0) is 37.9 Å². The van der Waals surface area contributed by atoms with E-state index in [4.69, 9.17) is 37.9 Å². The summed E-state index contributed by atoms with van der Waals surface area (Å²) in [4.78, 5) is 0. The number of hydrogen-bond acceptors (Lipinski definition) is 21. The Kier molecular flexibility index (Phi) is 17.9. The first-order valence-electron chi connectivity index (χ1n) is 27.2. The molecule has 8 aliphatic rings. The first-order chi connectivity index (χ1) is 34.7. The van der Waals surface area contributed by atoms with Gasteiger partial charge in [-0.15, -0.1) is 0 Å². The third-order valence-corrected chi connectivity index (χ3v) is 20.4. The number of aliphatic hydroxyl groups is 13. The fourth-order valence-corrected chi connectivity index (χ4v) is 16.0. The van der Waals surface area contributed by atoms with Crippen LogP contribution < -0.4 is 0 Å². The highest BCUT2D eigenvalue weighted by atomic mass is 16.8. The quantitative estimate of drug-likeness (QED) is 0.0724. The first-order valence-corrected chi connectivity index (χ1v) is 27.2. The summed E-state index contributed by atoms with van der Waals surface area (Å²) >= 11 is 0. The SMILES string of the molecule is CC(C)=CCC[C@@](O)(CO[C@@H]1O[C@H](CO)[C@@H](O)[C@H](O)[C@H]1O)[C@H]1CC[C@]2(C)[C@@H]1CC[C@@H]1[C@@]3(C)CC[C@H](O[C@@H]4O[C@H](CO)[C@@H](O)[C@H](O[C@@H]5OC[C@@H](O)[C@H](O)[C@H]5O)[C@H]4O[C@@H]4O[C@@H](C)[C@H](O)[C@@H](O)[C@H]4O)C(C)(C)C3CC[C@]12C. The molecule has 0 spiro atoms. The summed E-state index contributed by atoms with van der Waals surface area (Å²) in [7, 11) is 0. The van der Waals surface area contributed by atoms with Gasteiger partial charge in [0.15, 0.2) is 25.2 Å². The molecular formula is C53H90O21. The molecule has 4 saturated carbocycles. The summed E-state index contributed by atoms with van der Waals surface area (Å²) in [6, 6.07) is 0. The molecule has 1 unspecified atom stereocenters. The normalized spacial score (nSPS) is 52.3. The van der Waals surface area contributed by atoms with Gasteiger partial charge < -0.3 is 104 Å². The summed E-state index contributed by atoms with van der Waals surface area (Å²) in [6.07, 6.45) is -19.6. The molecule has 0 aromatic rings. The lowest BCUT2D eigenvalue weighted by molar-refractivity contribution is -0.395. The predicted octanol–water partition coefficient (Wildman–Crippen LogP) is -0.534. The van der Waals surface area contributed by atoms with E-state index in [2.05, 4.69) is 40.7 Å². The predicted molar refractivity (Wildman–Crippen MR) is 259 cm³/mol. The number of rotatable bonds is 15. The van der Waals surface area contributed by atoms with Gasteiger partial charge in [-0.25, -0.2) is 0 Å². The largest absolute Gasteiger partial charge is 0.394 e. The van der Waals surface area contributed by atoms with Crippen molar-refractivity contribution in [1.82, 2.24) is 0 Å². The molecule has 0 aromatic heterocycles. The molecule has 428 valence electrons. The smallest absolute Gasteiger partial charge is 0.187 e. The van der Waals surface area contributed by atoms with Gasteiger partial charge in [0.2, 0.25) is 0 Å². The maximum absolute atomic E-state index is 12.9. The van der Waals surface area contributed by atoms with Crippen molar-refractivity contribution in [2.45, 2.75) is 248 Å². The van der Waals surface area contributed by atoms with Crippen LogP contribution in [-0.4, -0.2) is 221 Å². The van der Waals surface area contributed by atoms with Crippen molar-refractivity contribution >= 4 is 0 Å². The summed E-state index contributed by atoms with van der Waals surface area (Å²) in [5, 5.41) is 141. The van der Waals surface area contributed by atoms with Crippen LogP contribution in [0.4, 0.5) is 0 Å². The Balaban J connectivity index is 1.03. The van der Waals surface area contributed by atoms with E-state index in [1.807, 2.05) is 13.8 Å². The highest BCUT2D eigenvalue weighted by molar-refractivity contribution is 5.19. The van der Waals surface area contributed by atoms with Gasteiger partial charge in [-0.05, 0) is 130 Å². The Morgan fingerprint density at radius 1 is 0.595 bits per heavy atom. The van der Waals surface area contributed by atoms with E-state index in [1.54, 1.807) is 0 Å². The molecule has 0 aromatic carbocycles. The van der Waals surface area contributed by atoms with Crippen LogP contribution in [0.5, 0.6) is 0 Å². The van der Waals surface area contributed by atoms with Crippen LogP contribution in [0.25, 0.3) is 0 Å². The van der Waals surface area contributed by atoms with Crippen molar-refractivity contribution in [1.29, 1.82) is 0 Å². The summed E-state index contributed by atoms with van der Waals surface area (Å²) < 4.78 is 49.2. The van der Waals surface area contributed by atoms with E-state index in [0.29, 0.717) is 19.3 Å². The van der Waals surface area contributed by atoms with Gasteiger partial charge in [-0.3, -0.25) is 0 Å². The van der Waals surface area contributed by atoms with Gasteiger partial charge in [0.05, 0.1) is 44.2 Å². The maximum Gasteiger partial charge on any atom is 0.187 e. The van der Waals surface area contributed by atoms with Crippen LogP contribution >= 0.6 is 0 Å². The molecule has 4 aliphatic carbocycles. The lowest BCUT2D eigenvalue weighted by Crippen LogP contribution is -2.67. The Bertz CT molecular complexity index is 1910. The van der Waals surface area contributed by atoms with E-state index in [1.165, 1.54) is 6.92 Å². The van der Waals surface area contributed by atoms with Crippen molar-refractivity contribution in [2.75, 3.05) is 26.4 Å². The van der Waals surface area contributed by atoms with Gasteiger partial charge in [0, 0.05) is 0 Å². The molecule has 8 rings (SSSR count). The van der Waals surface area contributed by atoms with E-state index < -0.39 is 154 Å². The average molecular weight is 1060 g/mol. The second-order valence-electron chi connectivity index (χ2n) is 25.1. The van der Waals surface area contributed by atoms with Gasteiger partial charge in [-0.2, -0.15) is 0 Å². The third kappa shape index (κ3) is 10.4. The average Bonchev–Trinajstić information content (AvgIpc) is 3.72. The minimum atomic E-state index is -1.78. The Labute approximate surface area is 434 Å². The van der Waals surface area contributed by atoms with Gasteiger partial charge in [0.25, 0.3) is 0 Å². The standard InChI is InChI=1S/C53H90O21/c1-24(2)10-9-16-53(66,23-68-46-41(64)39(62)36(59)29(20-54)70-46)27-13-18-51(7)26(27)11-12-32-50(6)17-15-33(49(4,5)31(50)14-19-52(32,51)8)72-48-44(74-47-42(65)38(61)34(57)25(3)69-47)43(37(60)30(21-55)71-48)73-45-40(63)35(58)28(56)22-67-45/h10,25-48,54-66H,9,11-23H2,1-8H3/t25-,26+,27-,28+,29+,30+,31?,32+,33-,34-,35-,36+,37+,38+,39-,40+,41+,42+,43-,44+,45-,46+,47-,48-,50-,51+,52+,53+/m0/s1. The van der Waals surface area contributed by atoms with Crippen LogP contribution in [0, 0.1) is 45.3 Å². The zero-order valence-electron chi connectivity index (χ0n) is 44.4. The molecule has 0 bridgehead atoms. The second-order valence-corrected chi connectivity index (χ2v) is 25.1. The third-order valence-electron chi connectivity index (χ3n) is 20.4. The maximum atomic E-state index is 12.9. The summed E-state index contributed by atoms with van der Waals surface area (Å²) in [5.41, 5.74) is -1.22. The topological polar surface area (TPSA) is 337 Å². The van der Waals surface area contributed by atoms with Crippen molar-refractivity contribution in [3.05, 3.63) is 11.6 Å². The molecule has 28 atom stereocenters. The highest BCUT2D eigenvalue weighted by Crippen LogP contribution is 2.76. The number of hydrogen-bond donors (Lipinski definition) is 13. The number of aliphatic hydroxyl groups excluding tert-OH is 12. The van der Waals surface area contributed by atoms with E-state index >= 15 is 0 Å². The minimum absolute atomic E-state index is 0.129. The second kappa shape index (κ2) is 22.4. The molecule has 4 saturated heterocycles. The molecule has 4 aliphatic heterocycles. The van der Waals surface area contributed by atoms with Gasteiger partial charge in [-0.1, -0.05) is 46.3 Å². The molecule has 21 nitrogen and oxygen atoms in total. The monoisotopic (exact) mass is 1060 g/mol. The zero-order chi connectivity index (χ0) is 54.2. The van der Waals surface area contributed by atoms with Crippen LogP contribution in [0.3, 0.4) is 0 Å². The fraction of sp³-hybridized carbons (Fsp3) is 0.962. The molecular weight excluding hydrogens is 973 g/mol. The van der Waals surface area contributed by atoms with Gasteiger partial charge in [0.1, 0.15) is 85.5 Å². The Hall–Kier alpha value is -1.10. The Morgan fingerprint density at radius 3 is 1.88 bits per heavy atom. The molecule has 0 amide bonds. The molecule has 4 heterocycles. The first kappa shape index (κ1) is 59.0.